The van der Waals surface area contributed by atoms with Crippen molar-refractivity contribution < 1.29 is 36.0 Å². The van der Waals surface area contributed by atoms with E-state index in [1.807, 2.05) is 29.0 Å². The fraction of sp³-hybridized carbons (Fsp3) is 0.393. The quantitative estimate of drug-likeness (QED) is 0.273. The van der Waals surface area contributed by atoms with E-state index in [0.29, 0.717) is 18.6 Å². The summed E-state index contributed by atoms with van der Waals surface area (Å²) >= 11 is 10.4. The van der Waals surface area contributed by atoms with Gasteiger partial charge in [0.15, 0.2) is 0 Å². The third kappa shape index (κ3) is 6.41. The summed E-state index contributed by atoms with van der Waals surface area (Å²) in [5, 5.41) is 3.21. The molecule has 3 amide bonds. The van der Waals surface area contributed by atoms with Crippen LogP contribution in [0, 0.1) is 0 Å². The number of rotatable bonds is 8. The highest BCUT2D eigenvalue weighted by Gasteiger charge is 2.50. The number of halogens is 4. The Hall–Kier alpha value is -3.27. The summed E-state index contributed by atoms with van der Waals surface area (Å²) in [6.45, 7) is 2.98. The number of H-pyrrole nitrogens is 1. The number of amides is 3. The second-order valence-electron chi connectivity index (χ2n) is 11.4. The monoisotopic (exact) mass is 671 g/mol. The molecule has 5 rings (SSSR count). The van der Waals surface area contributed by atoms with E-state index >= 15 is 0 Å². The van der Waals surface area contributed by atoms with Crippen molar-refractivity contribution in [3.8, 4) is 0 Å². The normalized spacial score (nSPS) is 19.4. The number of alkyl halides is 3. The molecule has 2 bridgehead atoms. The molecule has 3 heterocycles. The summed E-state index contributed by atoms with van der Waals surface area (Å²) in [5.41, 5.74) is -0.141. The first kappa shape index (κ1) is 32.1. The van der Waals surface area contributed by atoms with Gasteiger partial charge in [0, 0.05) is 28.7 Å². The molecular weight excluding hydrogens is 643 g/mol. The van der Waals surface area contributed by atoms with Gasteiger partial charge in [0.05, 0.1) is 29.2 Å². The van der Waals surface area contributed by atoms with E-state index in [1.165, 1.54) is 4.90 Å². The molecular formula is C28H29ClF3N5O5S2. The molecule has 236 valence electrons. The molecule has 2 fully saturated rings. The molecule has 16 heteroatoms. The number of carbonyl (C=O) groups excluding carboxylic acids is 3. The van der Waals surface area contributed by atoms with Crippen molar-refractivity contribution in [1.29, 1.82) is 0 Å². The number of carbonyl (C=O) groups is 3. The molecule has 3 atom stereocenters. The Kier molecular flexibility index (Phi) is 8.46. The van der Waals surface area contributed by atoms with Gasteiger partial charge >= 0.3 is 6.18 Å². The number of thiol groups is 1. The lowest BCUT2D eigenvalue weighted by Crippen LogP contribution is -2.60. The van der Waals surface area contributed by atoms with Gasteiger partial charge in [-0.2, -0.15) is 25.8 Å². The SMILES string of the molecule is CC(C)(S)[C@H](NC(=O)c1cc2ccccc2[nH]1)C(=O)N1C[C@@H]2C[C@H]1CN2C(=O)CNS(=O)(=O)c1cc(C(F)(F)F)ccc1Cl. The van der Waals surface area contributed by atoms with E-state index in [4.69, 9.17) is 11.6 Å². The van der Waals surface area contributed by atoms with Crippen LogP contribution in [0.15, 0.2) is 53.4 Å². The molecule has 3 N–H and O–H groups in total. The Morgan fingerprint density at radius 3 is 2.34 bits per heavy atom. The third-order valence-electron chi connectivity index (χ3n) is 7.81. The van der Waals surface area contributed by atoms with Crippen molar-refractivity contribution in [2.45, 2.75) is 54.2 Å². The number of piperazine rings is 1. The second kappa shape index (κ2) is 11.6. The predicted molar refractivity (Wildman–Crippen MR) is 160 cm³/mol. The summed E-state index contributed by atoms with van der Waals surface area (Å²) in [6.07, 6.45) is -4.34. The molecule has 0 unspecified atom stereocenters. The second-order valence-corrected chi connectivity index (χ2v) is 14.7. The Morgan fingerprint density at radius 2 is 1.73 bits per heavy atom. The smallest absolute Gasteiger partial charge is 0.351 e. The van der Waals surface area contributed by atoms with Gasteiger partial charge in [-0.25, -0.2) is 13.1 Å². The van der Waals surface area contributed by atoms with Gasteiger partial charge < -0.3 is 20.1 Å². The van der Waals surface area contributed by atoms with Gasteiger partial charge in [-0.3, -0.25) is 14.4 Å². The number of nitrogens with one attached hydrogen (secondary N) is 3. The number of hydrogen-bond donors (Lipinski definition) is 4. The minimum Gasteiger partial charge on any atom is -0.351 e. The highest BCUT2D eigenvalue weighted by Crippen LogP contribution is 2.35. The lowest BCUT2D eigenvalue weighted by molar-refractivity contribution is -0.140. The first-order valence-electron chi connectivity index (χ1n) is 13.5. The van der Waals surface area contributed by atoms with Crippen LogP contribution >= 0.6 is 24.2 Å². The highest BCUT2D eigenvalue weighted by molar-refractivity contribution is 7.89. The molecule has 2 aliphatic rings. The number of nitrogens with zero attached hydrogens (tertiary/aromatic N) is 2. The largest absolute Gasteiger partial charge is 0.416 e. The third-order valence-corrected chi connectivity index (χ3v) is 9.95. The van der Waals surface area contributed by atoms with Crippen LogP contribution in [0.3, 0.4) is 0 Å². The molecule has 0 spiro atoms. The summed E-state index contributed by atoms with van der Waals surface area (Å²) in [6, 6.07) is 9.16. The van der Waals surface area contributed by atoms with Gasteiger partial charge in [0.1, 0.15) is 16.6 Å². The van der Waals surface area contributed by atoms with Gasteiger partial charge in [-0.1, -0.05) is 29.8 Å². The topological polar surface area (TPSA) is 132 Å². The lowest BCUT2D eigenvalue weighted by atomic mass is 10.0. The number of fused-ring (bicyclic) bond motifs is 3. The van der Waals surface area contributed by atoms with E-state index in [1.54, 1.807) is 24.8 Å². The molecule has 0 aliphatic carbocycles. The van der Waals surface area contributed by atoms with Crippen molar-refractivity contribution in [1.82, 2.24) is 24.8 Å². The van der Waals surface area contributed by atoms with Crippen LogP contribution in [0.5, 0.6) is 0 Å². The number of aromatic nitrogens is 1. The lowest BCUT2D eigenvalue weighted by Gasteiger charge is -2.39. The summed E-state index contributed by atoms with van der Waals surface area (Å²) in [5.74, 6) is -1.44. The fourth-order valence-electron chi connectivity index (χ4n) is 5.57. The average molecular weight is 672 g/mol. The van der Waals surface area contributed by atoms with Crippen LogP contribution in [-0.4, -0.2) is 83.4 Å². The number of aromatic amines is 1. The highest BCUT2D eigenvalue weighted by atomic mass is 35.5. The number of hydrogen-bond acceptors (Lipinski definition) is 6. The molecule has 2 aliphatic heterocycles. The van der Waals surface area contributed by atoms with Crippen molar-refractivity contribution in [2.75, 3.05) is 19.6 Å². The van der Waals surface area contributed by atoms with E-state index in [2.05, 4.69) is 22.9 Å². The summed E-state index contributed by atoms with van der Waals surface area (Å²) in [4.78, 5) is 45.1. The molecule has 2 aromatic carbocycles. The standard InChI is InChI=1S/C28H29ClF3N5O5S2/c1-27(2,43)24(35-25(39)21-9-15-5-3-4-6-20(15)34-21)26(40)37-14-17-11-18(37)13-36(17)23(38)12-33-44(41,42)22-10-16(28(30,31)32)7-8-19(22)29/h3-10,17-18,24,33-34,43H,11-14H2,1-2H3,(H,35,39)/t17-,18-,24+/m0/s1. The molecule has 44 heavy (non-hydrogen) atoms. The van der Waals surface area contributed by atoms with Crippen molar-refractivity contribution in [2.24, 2.45) is 0 Å². The van der Waals surface area contributed by atoms with Gasteiger partial charge in [-0.15, -0.1) is 0 Å². The maximum Gasteiger partial charge on any atom is 0.416 e. The first-order valence-corrected chi connectivity index (χ1v) is 15.8. The zero-order valence-electron chi connectivity index (χ0n) is 23.5. The Bertz CT molecular complexity index is 1710. The van der Waals surface area contributed by atoms with Gasteiger partial charge in [-0.05, 0) is 50.6 Å². The fourth-order valence-corrected chi connectivity index (χ4v) is 7.25. The van der Waals surface area contributed by atoms with Crippen LogP contribution in [0.2, 0.25) is 5.02 Å². The number of likely N-dealkylation sites (tertiary alicyclic amines) is 2. The van der Waals surface area contributed by atoms with Gasteiger partial charge in [0.2, 0.25) is 21.8 Å². The molecule has 2 saturated heterocycles. The van der Waals surface area contributed by atoms with Crippen LogP contribution in [0.4, 0.5) is 13.2 Å². The maximum atomic E-state index is 13.7. The van der Waals surface area contributed by atoms with Crippen LogP contribution in [0.25, 0.3) is 10.9 Å². The Morgan fingerprint density at radius 1 is 1.07 bits per heavy atom. The molecule has 10 nitrogen and oxygen atoms in total. The average Bonchev–Trinajstić information content (AvgIpc) is 3.67. The molecule has 0 radical (unpaired) electrons. The first-order chi connectivity index (χ1) is 20.5. The predicted octanol–water partition coefficient (Wildman–Crippen LogP) is 3.44. The van der Waals surface area contributed by atoms with Crippen molar-refractivity contribution in [3.63, 3.8) is 0 Å². The molecule has 3 aromatic rings. The van der Waals surface area contributed by atoms with Crippen molar-refractivity contribution in [3.05, 3.63) is 64.8 Å². The Balaban J connectivity index is 1.22. The zero-order chi connectivity index (χ0) is 32.2. The number of sulfonamides is 1. The number of benzene rings is 2. The maximum absolute atomic E-state index is 13.7. The van der Waals surface area contributed by atoms with Gasteiger partial charge in [0.25, 0.3) is 5.91 Å². The molecule has 0 saturated carbocycles. The van der Waals surface area contributed by atoms with E-state index in [0.717, 1.165) is 17.0 Å². The zero-order valence-corrected chi connectivity index (χ0v) is 25.9. The summed E-state index contributed by atoms with van der Waals surface area (Å²) in [7, 11) is -4.55. The summed E-state index contributed by atoms with van der Waals surface area (Å²) < 4.78 is 65.9. The minimum absolute atomic E-state index is 0.122. The van der Waals surface area contributed by atoms with E-state index in [9.17, 15) is 36.0 Å². The van der Waals surface area contributed by atoms with E-state index in [-0.39, 0.29) is 30.7 Å². The number of para-hydroxylation sites is 1. The van der Waals surface area contributed by atoms with E-state index < -0.39 is 66.9 Å². The minimum atomic E-state index is -4.79. The van der Waals surface area contributed by atoms with Crippen LogP contribution < -0.4 is 10.0 Å². The molecule has 1 aromatic heterocycles. The van der Waals surface area contributed by atoms with Crippen LogP contribution in [-0.2, 0) is 25.8 Å². The van der Waals surface area contributed by atoms with Crippen molar-refractivity contribution >= 4 is 62.9 Å². The van der Waals surface area contributed by atoms with Crippen LogP contribution in [0.1, 0.15) is 36.3 Å². The Labute approximate surface area is 261 Å².